The molecular weight excluding hydrogens is 246 g/mol. The summed E-state index contributed by atoms with van der Waals surface area (Å²) in [6.07, 6.45) is 0.981. The first-order valence-corrected chi connectivity index (χ1v) is 7.19. The number of anilines is 1. The van der Waals surface area contributed by atoms with Gasteiger partial charge in [-0.3, -0.25) is 0 Å². The van der Waals surface area contributed by atoms with Crippen LogP contribution < -0.4 is 4.90 Å². The molecule has 0 aliphatic carbocycles. The first-order chi connectivity index (χ1) is 9.70. The van der Waals surface area contributed by atoms with E-state index in [9.17, 15) is 5.11 Å². The predicted molar refractivity (Wildman–Crippen MR) is 85.2 cm³/mol. The van der Waals surface area contributed by atoms with Crippen LogP contribution >= 0.6 is 0 Å². The quantitative estimate of drug-likeness (QED) is 0.868. The van der Waals surface area contributed by atoms with Crippen LogP contribution in [0.5, 0.6) is 0 Å². The number of hydrogen-bond donors (Lipinski definition) is 1. The molecule has 1 atom stereocenters. The molecule has 0 amide bonds. The molecule has 0 fully saturated rings. The number of nitrogens with zero attached hydrogens (tertiary/aromatic N) is 1. The van der Waals surface area contributed by atoms with E-state index in [1.165, 1.54) is 16.8 Å². The topological polar surface area (TPSA) is 23.5 Å². The highest BCUT2D eigenvalue weighted by Gasteiger charge is 2.14. The van der Waals surface area contributed by atoms with Crippen LogP contribution in [0.1, 0.15) is 18.1 Å². The summed E-state index contributed by atoms with van der Waals surface area (Å²) in [7, 11) is 0. The van der Waals surface area contributed by atoms with Crippen molar-refractivity contribution >= 4 is 5.69 Å². The van der Waals surface area contributed by atoms with Crippen LogP contribution in [0.15, 0.2) is 54.6 Å². The summed E-state index contributed by atoms with van der Waals surface area (Å²) < 4.78 is 0. The maximum atomic E-state index is 9.34. The molecule has 0 spiro atoms. The van der Waals surface area contributed by atoms with Crippen molar-refractivity contribution in [1.29, 1.82) is 0 Å². The third kappa shape index (κ3) is 3.84. The van der Waals surface area contributed by atoms with Gasteiger partial charge in [-0.25, -0.2) is 0 Å². The summed E-state index contributed by atoms with van der Waals surface area (Å²) in [5, 5.41) is 9.34. The summed E-state index contributed by atoms with van der Waals surface area (Å²) in [5.41, 5.74) is 3.76. The van der Waals surface area contributed by atoms with Gasteiger partial charge in [-0.1, -0.05) is 42.5 Å². The zero-order valence-corrected chi connectivity index (χ0v) is 12.3. The maximum absolute atomic E-state index is 9.34. The van der Waals surface area contributed by atoms with E-state index in [2.05, 4.69) is 67.3 Å². The number of aliphatic hydroxyl groups is 1. The van der Waals surface area contributed by atoms with E-state index in [1.54, 1.807) is 0 Å². The third-order valence-corrected chi connectivity index (χ3v) is 3.58. The smallest absolute Gasteiger partial charge is 0.0606 e. The monoisotopic (exact) mass is 269 g/mol. The Kier molecular flexibility index (Phi) is 5.19. The lowest BCUT2D eigenvalue weighted by Crippen LogP contribution is -2.37. The van der Waals surface area contributed by atoms with Crippen molar-refractivity contribution in [3.63, 3.8) is 0 Å². The number of aryl methyl sites for hydroxylation is 1. The minimum absolute atomic E-state index is 0.174. The SMILES string of the molecule is Cc1cccc(N(CCO)C(C)Cc2ccccc2)c1. The van der Waals surface area contributed by atoms with E-state index in [4.69, 9.17) is 0 Å². The summed E-state index contributed by atoms with van der Waals surface area (Å²) in [6.45, 7) is 5.15. The minimum Gasteiger partial charge on any atom is -0.395 e. The summed E-state index contributed by atoms with van der Waals surface area (Å²) in [4.78, 5) is 2.28. The molecule has 0 bridgehead atoms. The molecule has 0 saturated carbocycles. The van der Waals surface area contributed by atoms with Gasteiger partial charge < -0.3 is 10.0 Å². The molecule has 0 radical (unpaired) electrons. The molecule has 20 heavy (non-hydrogen) atoms. The number of benzene rings is 2. The van der Waals surface area contributed by atoms with Crippen LogP contribution in [-0.4, -0.2) is 24.3 Å². The Balaban J connectivity index is 2.15. The Bertz CT molecular complexity index is 524. The van der Waals surface area contributed by atoms with Crippen molar-refractivity contribution in [2.45, 2.75) is 26.3 Å². The summed E-state index contributed by atoms with van der Waals surface area (Å²) >= 11 is 0. The first-order valence-electron chi connectivity index (χ1n) is 7.19. The summed E-state index contributed by atoms with van der Waals surface area (Å²) in [6, 6.07) is 19.3. The Labute approximate surface area is 121 Å². The predicted octanol–water partition coefficient (Wildman–Crippen LogP) is 3.42. The summed E-state index contributed by atoms with van der Waals surface area (Å²) in [5.74, 6) is 0. The molecule has 2 rings (SSSR count). The molecular formula is C18H23NO. The molecule has 2 aromatic rings. The number of rotatable bonds is 6. The average Bonchev–Trinajstić information content (AvgIpc) is 2.45. The maximum Gasteiger partial charge on any atom is 0.0606 e. The van der Waals surface area contributed by atoms with Crippen molar-refractivity contribution in [2.24, 2.45) is 0 Å². The van der Waals surface area contributed by atoms with Gasteiger partial charge in [-0.15, -0.1) is 0 Å². The fourth-order valence-corrected chi connectivity index (χ4v) is 2.58. The first kappa shape index (κ1) is 14.6. The Morgan fingerprint density at radius 2 is 1.80 bits per heavy atom. The van der Waals surface area contributed by atoms with E-state index in [0.29, 0.717) is 12.6 Å². The second kappa shape index (κ2) is 7.11. The molecule has 2 heteroatoms. The van der Waals surface area contributed by atoms with Gasteiger partial charge in [0.2, 0.25) is 0 Å². The van der Waals surface area contributed by atoms with E-state index >= 15 is 0 Å². The molecule has 106 valence electrons. The largest absolute Gasteiger partial charge is 0.395 e. The van der Waals surface area contributed by atoms with Gasteiger partial charge in [-0.05, 0) is 43.5 Å². The van der Waals surface area contributed by atoms with Crippen LogP contribution in [0.25, 0.3) is 0 Å². The van der Waals surface area contributed by atoms with Gasteiger partial charge >= 0.3 is 0 Å². The van der Waals surface area contributed by atoms with Crippen LogP contribution in [-0.2, 0) is 6.42 Å². The lowest BCUT2D eigenvalue weighted by Gasteiger charge is -2.31. The number of aliphatic hydroxyl groups excluding tert-OH is 1. The molecule has 2 aromatic carbocycles. The molecule has 0 aliphatic rings. The van der Waals surface area contributed by atoms with Crippen molar-refractivity contribution in [1.82, 2.24) is 0 Å². The normalized spacial score (nSPS) is 12.2. The second-order valence-corrected chi connectivity index (χ2v) is 5.29. The molecule has 0 saturated heterocycles. The van der Waals surface area contributed by atoms with Gasteiger partial charge in [0.05, 0.1) is 6.61 Å². The van der Waals surface area contributed by atoms with Gasteiger partial charge in [0.15, 0.2) is 0 Å². The molecule has 0 aliphatic heterocycles. The Morgan fingerprint density at radius 1 is 1.05 bits per heavy atom. The fraction of sp³-hybridized carbons (Fsp3) is 0.333. The van der Waals surface area contributed by atoms with Crippen LogP contribution in [0.4, 0.5) is 5.69 Å². The van der Waals surface area contributed by atoms with Crippen molar-refractivity contribution < 1.29 is 5.11 Å². The number of hydrogen-bond acceptors (Lipinski definition) is 2. The van der Waals surface area contributed by atoms with Crippen molar-refractivity contribution in [3.8, 4) is 0 Å². The lowest BCUT2D eigenvalue weighted by atomic mass is 10.0. The van der Waals surface area contributed by atoms with Crippen molar-refractivity contribution in [3.05, 3.63) is 65.7 Å². The lowest BCUT2D eigenvalue weighted by molar-refractivity contribution is 0.298. The third-order valence-electron chi connectivity index (χ3n) is 3.58. The van der Waals surface area contributed by atoms with E-state index in [0.717, 1.165) is 6.42 Å². The second-order valence-electron chi connectivity index (χ2n) is 5.29. The van der Waals surface area contributed by atoms with E-state index in [1.807, 2.05) is 6.07 Å². The van der Waals surface area contributed by atoms with Crippen molar-refractivity contribution in [2.75, 3.05) is 18.1 Å². The van der Waals surface area contributed by atoms with Gasteiger partial charge in [0.1, 0.15) is 0 Å². The zero-order chi connectivity index (χ0) is 14.4. The minimum atomic E-state index is 0.174. The van der Waals surface area contributed by atoms with E-state index in [-0.39, 0.29) is 6.61 Å². The van der Waals surface area contributed by atoms with Gasteiger partial charge in [0, 0.05) is 18.3 Å². The van der Waals surface area contributed by atoms with Gasteiger partial charge in [-0.2, -0.15) is 0 Å². The van der Waals surface area contributed by atoms with Crippen LogP contribution in [0.3, 0.4) is 0 Å². The molecule has 1 N–H and O–H groups in total. The molecule has 0 heterocycles. The average molecular weight is 269 g/mol. The zero-order valence-electron chi connectivity index (χ0n) is 12.3. The standard InChI is InChI=1S/C18H23NO/c1-15-7-6-10-18(13-15)19(11-12-20)16(2)14-17-8-4-3-5-9-17/h3-10,13,16,20H,11-12,14H2,1-2H3. The fourth-order valence-electron chi connectivity index (χ4n) is 2.58. The Hall–Kier alpha value is -1.80. The Morgan fingerprint density at radius 3 is 2.45 bits per heavy atom. The molecule has 1 unspecified atom stereocenters. The molecule has 0 aromatic heterocycles. The highest BCUT2D eigenvalue weighted by atomic mass is 16.3. The van der Waals surface area contributed by atoms with Crippen LogP contribution in [0.2, 0.25) is 0 Å². The van der Waals surface area contributed by atoms with Gasteiger partial charge in [0.25, 0.3) is 0 Å². The highest BCUT2D eigenvalue weighted by Crippen LogP contribution is 2.20. The van der Waals surface area contributed by atoms with E-state index < -0.39 is 0 Å². The molecule has 2 nitrogen and oxygen atoms in total. The van der Waals surface area contributed by atoms with Crippen LogP contribution in [0, 0.1) is 6.92 Å². The highest BCUT2D eigenvalue weighted by molar-refractivity contribution is 5.49.